The van der Waals surface area contributed by atoms with Crippen LogP contribution in [0.2, 0.25) is 0 Å². The Labute approximate surface area is 222 Å². The number of benzene rings is 2. The molecule has 38 heavy (non-hydrogen) atoms. The normalized spacial score (nSPS) is 16.0. The zero-order valence-electron chi connectivity index (χ0n) is 21.0. The highest BCUT2D eigenvalue weighted by molar-refractivity contribution is 7.12. The van der Waals surface area contributed by atoms with Crippen LogP contribution in [0.25, 0.3) is 11.0 Å². The number of rotatable bonds is 7. The monoisotopic (exact) mass is 543 g/mol. The molecular formula is C27H28F3N5O2S. The molecule has 0 spiro atoms. The number of likely N-dealkylation sites (N-methyl/N-ethyl adjacent to an activating group) is 1. The predicted molar refractivity (Wildman–Crippen MR) is 141 cm³/mol. The van der Waals surface area contributed by atoms with Gasteiger partial charge in [0.15, 0.2) is 0 Å². The van der Waals surface area contributed by atoms with Gasteiger partial charge in [-0.05, 0) is 49.2 Å². The maximum atomic E-state index is 13.5. The summed E-state index contributed by atoms with van der Waals surface area (Å²) in [7, 11) is 2.12. The van der Waals surface area contributed by atoms with Crippen molar-refractivity contribution in [1.29, 1.82) is 0 Å². The number of thiophene rings is 1. The third-order valence-corrected chi connectivity index (χ3v) is 7.57. The Morgan fingerprint density at radius 1 is 1.13 bits per heavy atom. The Morgan fingerprint density at radius 2 is 1.89 bits per heavy atom. The summed E-state index contributed by atoms with van der Waals surface area (Å²) in [6, 6.07) is 12.9. The molecule has 1 aliphatic rings. The average Bonchev–Trinajstić information content (AvgIpc) is 3.52. The SMILES string of the molecule is C[C@@H](Oc1ccsc1C(=O)Nn1cnc2ccc(CN3CCN(C)CC3)cc21)c1ccccc1C(F)(F)F. The number of hydrogen-bond acceptors (Lipinski definition) is 6. The molecule has 4 aromatic rings. The van der Waals surface area contributed by atoms with Gasteiger partial charge < -0.3 is 9.64 Å². The molecule has 1 saturated heterocycles. The number of fused-ring (bicyclic) bond motifs is 1. The largest absolute Gasteiger partial charge is 0.484 e. The van der Waals surface area contributed by atoms with E-state index in [9.17, 15) is 18.0 Å². The molecule has 1 N–H and O–H groups in total. The molecule has 1 amide bonds. The first-order valence-electron chi connectivity index (χ1n) is 12.3. The van der Waals surface area contributed by atoms with E-state index in [0.717, 1.165) is 66.7 Å². The van der Waals surface area contributed by atoms with E-state index in [-0.39, 0.29) is 16.2 Å². The lowest BCUT2D eigenvalue weighted by Gasteiger charge is -2.32. The summed E-state index contributed by atoms with van der Waals surface area (Å²) in [6.07, 6.45) is -3.88. The molecule has 11 heteroatoms. The van der Waals surface area contributed by atoms with Gasteiger partial charge in [-0.1, -0.05) is 24.3 Å². The molecule has 1 atom stereocenters. The van der Waals surface area contributed by atoms with Crippen LogP contribution in [0.5, 0.6) is 5.75 Å². The first-order chi connectivity index (χ1) is 18.2. The third kappa shape index (κ3) is 5.69. The molecule has 3 heterocycles. The molecule has 0 radical (unpaired) electrons. The van der Waals surface area contributed by atoms with Crippen LogP contribution in [0.4, 0.5) is 13.2 Å². The summed E-state index contributed by atoms with van der Waals surface area (Å²) in [4.78, 5) is 22.5. The first kappa shape index (κ1) is 26.2. The lowest BCUT2D eigenvalue weighted by Crippen LogP contribution is -2.43. The zero-order valence-corrected chi connectivity index (χ0v) is 21.9. The number of amides is 1. The quantitative estimate of drug-likeness (QED) is 0.339. The van der Waals surface area contributed by atoms with Crippen molar-refractivity contribution in [2.24, 2.45) is 0 Å². The smallest absolute Gasteiger partial charge is 0.416 e. The number of piperazine rings is 1. The van der Waals surface area contributed by atoms with Crippen molar-refractivity contribution in [3.63, 3.8) is 0 Å². The van der Waals surface area contributed by atoms with Crippen LogP contribution in [0.1, 0.15) is 39.4 Å². The van der Waals surface area contributed by atoms with Crippen molar-refractivity contribution in [2.45, 2.75) is 25.7 Å². The van der Waals surface area contributed by atoms with E-state index in [0.29, 0.717) is 0 Å². The number of halogens is 3. The molecule has 7 nitrogen and oxygen atoms in total. The van der Waals surface area contributed by atoms with Gasteiger partial charge in [-0.2, -0.15) is 13.2 Å². The standard InChI is InChI=1S/C27H28F3N5O2S/c1-18(20-5-3-4-6-21(20)27(28,29)30)37-24-9-14-38-25(24)26(36)32-35-17-31-22-8-7-19(15-23(22)35)16-34-12-10-33(2)11-13-34/h3-9,14-15,17-18H,10-13,16H2,1-2H3,(H,32,36)/t18-/m1/s1. The van der Waals surface area contributed by atoms with Crippen molar-refractivity contribution in [2.75, 3.05) is 38.7 Å². The number of hydrogen-bond donors (Lipinski definition) is 1. The van der Waals surface area contributed by atoms with Gasteiger partial charge in [0, 0.05) is 38.3 Å². The van der Waals surface area contributed by atoms with Crippen LogP contribution in [0, 0.1) is 0 Å². The Bertz CT molecular complexity index is 1430. The Kier molecular flexibility index (Phi) is 7.42. The summed E-state index contributed by atoms with van der Waals surface area (Å²) < 4.78 is 47.9. The zero-order chi connectivity index (χ0) is 26.9. The summed E-state index contributed by atoms with van der Waals surface area (Å²) in [5, 5.41) is 1.67. The number of nitrogens with zero attached hydrogens (tertiary/aromatic N) is 4. The predicted octanol–water partition coefficient (Wildman–Crippen LogP) is 5.39. The highest BCUT2D eigenvalue weighted by Gasteiger charge is 2.35. The van der Waals surface area contributed by atoms with Crippen LogP contribution in [0.3, 0.4) is 0 Å². The molecule has 2 aromatic heterocycles. The Morgan fingerprint density at radius 3 is 2.66 bits per heavy atom. The molecule has 0 bridgehead atoms. The highest BCUT2D eigenvalue weighted by Crippen LogP contribution is 2.37. The fourth-order valence-electron chi connectivity index (χ4n) is 4.58. The maximum absolute atomic E-state index is 13.5. The number of alkyl halides is 3. The number of carbonyl (C=O) groups excluding carboxylic acids is 1. The average molecular weight is 544 g/mol. The van der Waals surface area contributed by atoms with E-state index < -0.39 is 23.8 Å². The lowest BCUT2D eigenvalue weighted by atomic mass is 10.0. The van der Waals surface area contributed by atoms with Crippen LogP contribution < -0.4 is 10.2 Å². The number of ether oxygens (including phenoxy) is 1. The van der Waals surface area contributed by atoms with Crippen molar-refractivity contribution < 1.29 is 22.7 Å². The molecule has 0 aliphatic carbocycles. The van der Waals surface area contributed by atoms with Crippen LogP contribution >= 0.6 is 11.3 Å². The van der Waals surface area contributed by atoms with Gasteiger partial charge in [0.2, 0.25) is 0 Å². The minimum absolute atomic E-state index is 0.00559. The van der Waals surface area contributed by atoms with Crippen molar-refractivity contribution in [3.05, 3.63) is 81.8 Å². The van der Waals surface area contributed by atoms with Gasteiger partial charge in [-0.3, -0.25) is 15.1 Å². The Hall–Kier alpha value is -3.41. The van der Waals surface area contributed by atoms with E-state index in [4.69, 9.17) is 4.74 Å². The molecule has 0 saturated carbocycles. The maximum Gasteiger partial charge on any atom is 0.416 e. The fraction of sp³-hybridized carbons (Fsp3) is 0.333. The summed E-state index contributed by atoms with van der Waals surface area (Å²) >= 11 is 1.15. The van der Waals surface area contributed by atoms with Gasteiger partial charge in [0.1, 0.15) is 23.1 Å². The molecular weight excluding hydrogens is 515 g/mol. The van der Waals surface area contributed by atoms with E-state index in [1.807, 2.05) is 18.2 Å². The lowest BCUT2D eigenvalue weighted by molar-refractivity contribution is -0.138. The van der Waals surface area contributed by atoms with Gasteiger partial charge in [-0.25, -0.2) is 9.66 Å². The summed E-state index contributed by atoms with van der Waals surface area (Å²) in [5.74, 6) is -0.216. The molecule has 2 aromatic carbocycles. The topological polar surface area (TPSA) is 62.6 Å². The second-order valence-corrected chi connectivity index (χ2v) is 10.3. The minimum atomic E-state index is -4.51. The van der Waals surface area contributed by atoms with E-state index in [2.05, 4.69) is 27.3 Å². The van der Waals surface area contributed by atoms with Crippen LogP contribution in [-0.4, -0.2) is 58.6 Å². The van der Waals surface area contributed by atoms with E-state index >= 15 is 0 Å². The van der Waals surface area contributed by atoms with E-state index in [1.54, 1.807) is 22.4 Å². The van der Waals surface area contributed by atoms with Gasteiger partial charge in [0.05, 0.1) is 16.6 Å². The second kappa shape index (κ2) is 10.8. The molecule has 5 rings (SSSR count). The van der Waals surface area contributed by atoms with Crippen LogP contribution in [0.15, 0.2) is 60.2 Å². The minimum Gasteiger partial charge on any atom is -0.484 e. The third-order valence-electron chi connectivity index (χ3n) is 6.68. The van der Waals surface area contributed by atoms with Crippen molar-refractivity contribution in [3.8, 4) is 5.75 Å². The summed E-state index contributed by atoms with van der Waals surface area (Å²) in [6.45, 7) is 6.40. The van der Waals surface area contributed by atoms with Crippen molar-refractivity contribution in [1.82, 2.24) is 19.5 Å². The summed E-state index contributed by atoms with van der Waals surface area (Å²) in [5.41, 5.74) is 4.71. The van der Waals surface area contributed by atoms with E-state index in [1.165, 1.54) is 25.1 Å². The Balaban J connectivity index is 1.31. The molecule has 1 aliphatic heterocycles. The molecule has 200 valence electrons. The van der Waals surface area contributed by atoms with Crippen molar-refractivity contribution >= 4 is 28.3 Å². The molecule has 0 unspecified atom stereocenters. The number of nitrogens with one attached hydrogen (secondary N) is 1. The highest BCUT2D eigenvalue weighted by atomic mass is 32.1. The van der Waals surface area contributed by atoms with Gasteiger partial charge in [0.25, 0.3) is 5.91 Å². The van der Waals surface area contributed by atoms with Gasteiger partial charge in [-0.15, -0.1) is 11.3 Å². The first-order valence-corrected chi connectivity index (χ1v) is 13.2. The molecule has 1 fully saturated rings. The van der Waals surface area contributed by atoms with Gasteiger partial charge >= 0.3 is 6.18 Å². The van der Waals surface area contributed by atoms with Crippen LogP contribution in [-0.2, 0) is 12.7 Å². The number of carbonyl (C=O) groups is 1. The second-order valence-electron chi connectivity index (χ2n) is 9.42. The number of imidazole rings is 1. The fourth-order valence-corrected chi connectivity index (χ4v) is 5.30. The number of aromatic nitrogens is 2.